The van der Waals surface area contributed by atoms with Crippen molar-refractivity contribution in [1.82, 2.24) is 0 Å². The molecule has 8 heteroatoms. The van der Waals surface area contributed by atoms with Gasteiger partial charge < -0.3 is 18.9 Å². The third-order valence-electron chi connectivity index (χ3n) is 7.68. The Hall–Kier alpha value is 0.140. The van der Waals surface area contributed by atoms with Gasteiger partial charge in [0.25, 0.3) is 0 Å². The summed E-state index contributed by atoms with van der Waals surface area (Å²) in [7, 11) is 5.97. The third-order valence-corrected chi connectivity index (χ3v) is 11.6. The molecule has 0 heterocycles. The minimum atomic E-state index is -1.34. The van der Waals surface area contributed by atoms with Gasteiger partial charge in [0.15, 0.2) is 11.6 Å². The summed E-state index contributed by atoms with van der Waals surface area (Å²) in [5.74, 6) is -4.02. The lowest BCUT2D eigenvalue weighted by Gasteiger charge is -2.91. The summed E-state index contributed by atoms with van der Waals surface area (Å²) >= 11 is 7.67. The van der Waals surface area contributed by atoms with Crippen molar-refractivity contribution >= 4 is 43.4 Å². The average Bonchev–Trinajstić information content (AvgIpc) is 2.58. The van der Waals surface area contributed by atoms with Gasteiger partial charge in [-0.25, -0.2) is 0 Å². The zero-order valence-corrected chi connectivity index (χ0v) is 16.8. The first-order chi connectivity index (χ1) is 11.3. The van der Waals surface area contributed by atoms with E-state index in [1.807, 2.05) is 0 Å². The molecule has 8 bridgehead atoms. The smallest absolute Gasteiger partial charge is 0.232 e. The summed E-state index contributed by atoms with van der Waals surface area (Å²) in [4.78, 5) is 26.4. The molecule has 0 unspecified atom stereocenters. The summed E-state index contributed by atoms with van der Waals surface area (Å²) in [5.41, 5.74) is 0. The topological polar surface area (TPSA) is 71.1 Å². The van der Waals surface area contributed by atoms with E-state index in [2.05, 4.69) is 31.9 Å². The van der Waals surface area contributed by atoms with E-state index in [0.29, 0.717) is 0 Å². The van der Waals surface area contributed by atoms with Crippen molar-refractivity contribution in [3.63, 3.8) is 0 Å². The second kappa shape index (κ2) is 4.17. The van der Waals surface area contributed by atoms with E-state index in [1.54, 1.807) is 0 Å². The van der Waals surface area contributed by atoms with E-state index >= 15 is 0 Å². The fourth-order valence-electron chi connectivity index (χ4n) is 7.13. The number of ether oxygens (including phenoxy) is 4. The fraction of sp³-hybridized carbons (Fsp3) is 0.875. The van der Waals surface area contributed by atoms with Crippen LogP contribution in [0.15, 0.2) is 0 Å². The van der Waals surface area contributed by atoms with Crippen LogP contribution in [0.4, 0.5) is 0 Å². The monoisotopic (exact) mass is 464 g/mol. The van der Waals surface area contributed by atoms with Gasteiger partial charge in [-0.05, 0) is 11.8 Å². The number of methoxy groups -OCH3 is 4. The van der Waals surface area contributed by atoms with Gasteiger partial charge in [0.1, 0.15) is 0 Å². The van der Waals surface area contributed by atoms with Crippen LogP contribution in [0.3, 0.4) is 0 Å². The highest BCUT2D eigenvalue weighted by molar-refractivity contribution is 9.13. The minimum Gasteiger partial charge on any atom is -0.347 e. The van der Waals surface area contributed by atoms with Crippen molar-refractivity contribution in [2.45, 2.75) is 20.2 Å². The van der Waals surface area contributed by atoms with Gasteiger partial charge >= 0.3 is 0 Å². The minimum absolute atomic E-state index is 0.0413. The van der Waals surface area contributed by atoms with Gasteiger partial charge in [0.2, 0.25) is 11.6 Å². The van der Waals surface area contributed by atoms with Crippen LogP contribution in [0.25, 0.3) is 0 Å². The van der Waals surface area contributed by atoms with Crippen molar-refractivity contribution < 1.29 is 28.5 Å². The molecule has 0 aromatic carbocycles. The molecule has 8 saturated carbocycles. The summed E-state index contributed by atoms with van der Waals surface area (Å²) < 4.78 is 21.8. The van der Waals surface area contributed by atoms with Crippen LogP contribution < -0.4 is 0 Å². The van der Waals surface area contributed by atoms with E-state index in [-0.39, 0.29) is 47.1 Å². The zero-order chi connectivity index (χ0) is 17.4. The molecule has 132 valence electrons. The summed E-state index contributed by atoms with van der Waals surface area (Å²) in [6, 6.07) is 0. The average molecular weight is 466 g/mol. The molecule has 8 aliphatic carbocycles. The standard InChI is InChI=1S/C16H18Br2O6/c1-21-15(22-2)7-5-10-12(20)16(23-3,24-4)8(7)6-9(11(15)19)13(5,17)14(6,10)18/h5-10H,1-4H3/t5-,6-,7-,8+,9-,10-,13+,14-/m0/s1. The lowest BCUT2D eigenvalue weighted by atomic mass is 9.19. The maximum atomic E-state index is 13.2. The van der Waals surface area contributed by atoms with E-state index in [4.69, 9.17) is 18.9 Å². The van der Waals surface area contributed by atoms with Crippen LogP contribution in [-0.4, -0.2) is 60.2 Å². The quantitative estimate of drug-likeness (QED) is 0.458. The zero-order valence-electron chi connectivity index (χ0n) is 13.7. The number of halogens is 2. The molecule has 8 aliphatic rings. The molecule has 0 spiro atoms. The Kier molecular flexibility index (Phi) is 2.84. The Balaban J connectivity index is 1.78. The number of Topliss-reactive ketones (excluding diaryl/α,β-unsaturated/α-hetero) is 2. The van der Waals surface area contributed by atoms with Crippen LogP contribution in [0, 0.1) is 35.5 Å². The molecule has 24 heavy (non-hydrogen) atoms. The second-order valence-corrected chi connectivity index (χ2v) is 10.1. The summed E-state index contributed by atoms with van der Waals surface area (Å²) in [5, 5.41) is 0. The predicted molar refractivity (Wildman–Crippen MR) is 87.8 cm³/mol. The highest BCUT2D eigenvalue weighted by Gasteiger charge is 3.02. The van der Waals surface area contributed by atoms with E-state index in [9.17, 15) is 9.59 Å². The normalized spacial score (nSPS) is 56.9. The van der Waals surface area contributed by atoms with Gasteiger partial charge in [0, 0.05) is 52.1 Å². The molecular weight excluding hydrogens is 448 g/mol. The second-order valence-electron chi connectivity index (χ2n) is 7.47. The van der Waals surface area contributed by atoms with Crippen LogP contribution in [0.5, 0.6) is 0 Å². The maximum absolute atomic E-state index is 13.2. The largest absolute Gasteiger partial charge is 0.347 e. The van der Waals surface area contributed by atoms with Crippen LogP contribution >= 0.6 is 31.9 Å². The van der Waals surface area contributed by atoms with Crippen molar-refractivity contribution in [3.05, 3.63) is 0 Å². The first-order valence-corrected chi connectivity index (χ1v) is 9.55. The Bertz CT molecular complexity index is 630. The third kappa shape index (κ3) is 1.05. The van der Waals surface area contributed by atoms with Crippen molar-refractivity contribution in [3.8, 4) is 0 Å². The summed E-state index contributed by atoms with van der Waals surface area (Å²) in [6.45, 7) is 0. The number of rotatable bonds is 4. The highest BCUT2D eigenvalue weighted by atomic mass is 79.9. The number of ketones is 2. The molecule has 0 aromatic heterocycles. The van der Waals surface area contributed by atoms with Gasteiger partial charge in [-0.3, -0.25) is 9.59 Å². The number of hydrogen-bond acceptors (Lipinski definition) is 6. The van der Waals surface area contributed by atoms with Crippen molar-refractivity contribution in [1.29, 1.82) is 0 Å². The molecule has 0 aromatic rings. The molecule has 0 aliphatic heterocycles. The fourth-order valence-corrected chi connectivity index (χ4v) is 10.2. The Labute approximate surface area is 156 Å². The Morgan fingerprint density at radius 2 is 0.958 bits per heavy atom. The Morgan fingerprint density at radius 1 is 0.667 bits per heavy atom. The van der Waals surface area contributed by atoms with E-state index < -0.39 is 20.2 Å². The SMILES string of the molecule is COC1(OC)C(=O)[C@@H]2[C@@H]3[C@@H]4[C@@H]1[C@H]1[C@@H](C(=O)C4(OC)OC)[C@]3(Br)[C@@]12Br. The Morgan fingerprint density at radius 3 is 1.21 bits per heavy atom. The number of fused-ring (bicyclic) bond motifs is 2. The van der Waals surface area contributed by atoms with Crippen LogP contribution in [0.1, 0.15) is 0 Å². The molecule has 8 atom stereocenters. The molecule has 0 N–H and O–H groups in total. The lowest BCUT2D eigenvalue weighted by Crippen LogP contribution is -3.03. The molecule has 8 rings (SSSR count). The maximum Gasteiger partial charge on any atom is 0.232 e. The first-order valence-electron chi connectivity index (χ1n) is 7.96. The van der Waals surface area contributed by atoms with Gasteiger partial charge in [0.05, 0.1) is 8.65 Å². The number of carbonyl (C=O) groups excluding carboxylic acids is 2. The molecule has 0 saturated heterocycles. The van der Waals surface area contributed by atoms with E-state index in [1.165, 1.54) is 28.4 Å². The van der Waals surface area contributed by atoms with Crippen LogP contribution in [0.2, 0.25) is 0 Å². The van der Waals surface area contributed by atoms with E-state index in [0.717, 1.165) is 0 Å². The lowest BCUT2D eigenvalue weighted by molar-refractivity contribution is -0.413. The number of hydrogen-bond donors (Lipinski definition) is 0. The predicted octanol–water partition coefficient (Wildman–Crippen LogP) is 1.14. The van der Waals surface area contributed by atoms with Crippen molar-refractivity contribution in [2.24, 2.45) is 35.5 Å². The number of alkyl halides is 2. The van der Waals surface area contributed by atoms with Gasteiger partial charge in [-0.1, -0.05) is 31.9 Å². The molecule has 0 amide bonds. The van der Waals surface area contributed by atoms with Crippen molar-refractivity contribution in [2.75, 3.05) is 28.4 Å². The molecule has 0 radical (unpaired) electrons. The van der Waals surface area contributed by atoms with Gasteiger partial charge in [-0.15, -0.1) is 0 Å². The highest BCUT2D eigenvalue weighted by Crippen LogP contribution is 2.92. The number of carbonyl (C=O) groups is 2. The summed E-state index contributed by atoms with van der Waals surface area (Å²) in [6.07, 6.45) is 0. The molecule has 6 nitrogen and oxygen atoms in total. The van der Waals surface area contributed by atoms with Crippen LogP contribution in [-0.2, 0) is 28.5 Å². The van der Waals surface area contributed by atoms with Gasteiger partial charge in [-0.2, -0.15) is 0 Å². The molecular formula is C16H18Br2O6. The first kappa shape index (κ1) is 16.3. The molecule has 8 fully saturated rings.